The van der Waals surface area contributed by atoms with Crippen molar-refractivity contribution in [2.45, 2.75) is 45.4 Å². The number of aromatic nitrogens is 4. The van der Waals surface area contributed by atoms with E-state index in [4.69, 9.17) is 4.74 Å². The van der Waals surface area contributed by atoms with Crippen LogP contribution in [-0.4, -0.2) is 93.8 Å². The van der Waals surface area contributed by atoms with Gasteiger partial charge in [0.2, 0.25) is 0 Å². The number of anilines is 1. The number of hydrogen-bond acceptors (Lipinski definition) is 8. The first-order valence-electron chi connectivity index (χ1n) is 12.5. The van der Waals surface area contributed by atoms with Gasteiger partial charge in [-0.1, -0.05) is 0 Å². The first-order chi connectivity index (χ1) is 17.3. The molecule has 0 aliphatic carbocycles. The van der Waals surface area contributed by atoms with E-state index >= 15 is 4.39 Å². The Morgan fingerprint density at radius 2 is 1.97 bits per heavy atom. The number of rotatable bonds is 6. The first-order valence-corrected chi connectivity index (χ1v) is 12.5. The quantitative estimate of drug-likeness (QED) is 0.556. The molecule has 9 nitrogen and oxygen atoms in total. The molecule has 5 rings (SSSR count). The molecule has 0 bridgehead atoms. The summed E-state index contributed by atoms with van der Waals surface area (Å²) in [5.41, 5.74) is 2.88. The highest BCUT2D eigenvalue weighted by Crippen LogP contribution is 2.35. The van der Waals surface area contributed by atoms with Gasteiger partial charge in [0.05, 0.1) is 37.6 Å². The first kappa shape index (κ1) is 24.7. The van der Waals surface area contributed by atoms with E-state index in [0.717, 1.165) is 27.8 Å². The number of ether oxygens (including phenoxy) is 1. The van der Waals surface area contributed by atoms with E-state index in [1.54, 1.807) is 11.6 Å². The Morgan fingerprint density at radius 3 is 2.72 bits per heavy atom. The third-order valence-corrected chi connectivity index (χ3v) is 7.12. The SMILES string of the molecule is CC(=O)CN1CCC(c2cc3c(cnn3-c3cc(N4CCO[C@H](CO)C4)nc(C)n3)cc2C)C(F)C1. The van der Waals surface area contributed by atoms with Gasteiger partial charge in [0.1, 0.15) is 23.6 Å². The lowest BCUT2D eigenvalue weighted by molar-refractivity contribution is -0.118. The van der Waals surface area contributed by atoms with Crippen molar-refractivity contribution in [1.82, 2.24) is 24.6 Å². The Kier molecular flexibility index (Phi) is 7.00. The van der Waals surface area contributed by atoms with Crippen LogP contribution in [0.1, 0.15) is 36.2 Å². The van der Waals surface area contributed by atoms with Crippen LogP contribution in [0.2, 0.25) is 0 Å². The maximum atomic E-state index is 15.3. The summed E-state index contributed by atoms with van der Waals surface area (Å²) in [6.45, 7) is 8.39. The number of Topliss-reactive ketones (excluding diaryl/α,β-unsaturated/α-hetero) is 1. The molecule has 10 heteroatoms. The third-order valence-electron chi connectivity index (χ3n) is 7.12. The van der Waals surface area contributed by atoms with E-state index in [2.05, 4.69) is 26.0 Å². The molecule has 2 aliphatic heterocycles. The highest BCUT2D eigenvalue weighted by Gasteiger charge is 2.32. The molecule has 3 aromatic rings. The molecular formula is C26H33FN6O3. The number of hydrogen-bond donors (Lipinski definition) is 1. The van der Waals surface area contributed by atoms with Gasteiger partial charge in [-0.2, -0.15) is 5.10 Å². The van der Waals surface area contributed by atoms with Crippen LogP contribution in [0.3, 0.4) is 0 Å². The fourth-order valence-corrected chi connectivity index (χ4v) is 5.41. The Hall–Kier alpha value is -2.95. The lowest BCUT2D eigenvalue weighted by Gasteiger charge is -2.35. The number of nitrogens with zero attached hydrogens (tertiary/aromatic N) is 6. The van der Waals surface area contributed by atoms with Gasteiger partial charge < -0.3 is 14.7 Å². The number of likely N-dealkylation sites (tertiary alicyclic amines) is 1. The molecule has 2 aliphatic rings. The molecule has 0 spiro atoms. The molecule has 3 atom stereocenters. The van der Waals surface area contributed by atoms with Crippen molar-refractivity contribution < 1.29 is 19.0 Å². The number of aliphatic hydroxyl groups excluding tert-OH is 1. The van der Waals surface area contributed by atoms with Crippen LogP contribution in [0.15, 0.2) is 24.4 Å². The summed E-state index contributed by atoms with van der Waals surface area (Å²) in [6.07, 6.45) is 1.18. The van der Waals surface area contributed by atoms with Gasteiger partial charge in [0.15, 0.2) is 5.82 Å². The van der Waals surface area contributed by atoms with Crippen LogP contribution in [0.25, 0.3) is 16.7 Å². The number of aliphatic hydroxyl groups is 1. The average Bonchev–Trinajstić information content (AvgIpc) is 3.26. The zero-order valence-corrected chi connectivity index (χ0v) is 21.0. The summed E-state index contributed by atoms with van der Waals surface area (Å²) in [5.74, 6) is 1.85. The van der Waals surface area contributed by atoms with E-state index in [-0.39, 0.29) is 31.0 Å². The largest absolute Gasteiger partial charge is 0.394 e. The molecule has 1 aromatic carbocycles. The summed E-state index contributed by atoms with van der Waals surface area (Å²) < 4.78 is 22.7. The molecule has 1 N–H and O–H groups in total. The van der Waals surface area contributed by atoms with Gasteiger partial charge >= 0.3 is 0 Å². The van der Waals surface area contributed by atoms with E-state index < -0.39 is 6.17 Å². The Morgan fingerprint density at radius 1 is 1.17 bits per heavy atom. The summed E-state index contributed by atoms with van der Waals surface area (Å²) in [7, 11) is 0. The average molecular weight is 497 g/mol. The zero-order valence-electron chi connectivity index (χ0n) is 21.0. The molecule has 192 valence electrons. The second-order valence-electron chi connectivity index (χ2n) is 9.93. The molecule has 2 unspecified atom stereocenters. The number of morpholine rings is 1. The van der Waals surface area contributed by atoms with Crippen molar-refractivity contribution in [1.29, 1.82) is 0 Å². The molecule has 36 heavy (non-hydrogen) atoms. The predicted octanol–water partition coefficient (Wildman–Crippen LogP) is 2.35. The topological polar surface area (TPSA) is 96.6 Å². The minimum atomic E-state index is -1.04. The normalized spacial score (nSPS) is 23.4. The van der Waals surface area contributed by atoms with Crippen LogP contribution in [0.5, 0.6) is 0 Å². The zero-order chi connectivity index (χ0) is 25.4. The fourth-order valence-electron chi connectivity index (χ4n) is 5.41. The van der Waals surface area contributed by atoms with Crippen LogP contribution in [0, 0.1) is 13.8 Å². The molecule has 0 amide bonds. The van der Waals surface area contributed by atoms with Crippen molar-refractivity contribution in [3.8, 4) is 5.82 Å². The molecule has 4 heterocycles. The standard InChI is InChI=1S/C26H33FN6O3/c1-16-8-19-11-28-33(24(19)9-22(16)21-4-5-31(12-17(2)35)14-23(21)27)26-10-25(29-18(3)30-26)32-6-7-36-20(13-32)15-34/h8-11,20-21,23,34H,4-7,12-15H2,1-3H3/t20-,21?,23?/m0/s1. The Balaban J connectivity index is 1.47. The van der Waals surface area contributed by atoms with Crippen molar-refractivity contribution in [2.75, 3.05) is 50.8 Å². The molecular weight excluding hydrogens is 463 g/mol. The van der Waals surface area contributed by atoms with Gasteiger partial charge in [0.25, 0.3) is 0 Å². The third kappa shape index (κ3) is 4.98. The van der Waals surface area contributed by atoms with Crippen molar-refractivity contribution in [3.05, 3.63) is 41.3 Å². The van der Waals surface area contributed by atoms with Gasteiger partial charge in [-0.05, 0) is 57.0 Å². The van der Waals surface area contributed by atoms with Crippen LogP contribution in [-0.2, 0) is 9.53 Å². The lowest BCUT2D eigenvalue weighted by Crippen LogP contribution is -2.44. The molecule has 2 fully saturated rings. The molecule has 0 saturated carbocycles. The summed E-state index contributed by atoms with van der Waals surface area (Å²) in [6, 6.07) is 6.01. The van der Waals surface area contributed by atoms with Gasteiger partial charge in [0, 0.05) is 37.0 Å². The molecule has 2 saturated heterocycles. The number of fused-ring (bicyclic) bond motifs is 1. The van der Waals surface area contributed by atoms with Gasteiger partial charge in [-0.25, -0.2) is 19.0 Å². The van der Waals surface area contributed by atoms with E-state index in [1.165, 1.54) is 0 Å². The maximum Gasteiger partial charge on any atom is 0.159 e. The van der Waals surface area contributed by atoms with Crippen molar-refractivity contribution in [2.24, 2.45) is 0 Å². The van der Waals surface area contributed by atoms with Gasteiger partial charge in [-0.3, -0.25) is 9.69 Å². The second kappa shape index (κ2) is 10.2. The smallest absolute Gasteiger partial charge is 0.159 e. The van der Waals surface area contributed by atoms with Gasteiger partial charge in [-0.15, -0.1) is 0 Å². The second-order valence-corrected chi connectivity index (χ2v) is 9.93. The van der Waals surface area contributed by atoms with Crippen LogP contribution >= 0.6 is 0 Å². The maximum absolute atomic E-state index is 15.3. The number of aryl methyl sites for hydroxylation is 2. The highest BCUT2D eigenvalue weighted by atomic mass is 19.1. The summed E-state index contributed by atoms with van der Waals surface area (Å²) in [5, 5.41) is 15.1. The lowest BCUT2D eigenvalue weighted by atomic mass is 9.85. The minimum Gasteiger partial charge on any atom is -0.394 e. The number of carbonyl (C=O) groups excluding carboxylic acids is 1. The van der Waals surface area contributed by atoms with Crippen molar-refractivity contribution in [3.63, 3.8) is 0 Å². The number of carbonyl (C=O) groups is 1. The van der Waals surface area contributed by atoms with E-state index in [1.807, 2.05) is 37.1 Å². The predicted molar refractivity (Wildman–Crippen MR) is 135 cm³/mol. The summed E-state index contributed by atoms with van der Waals surface area (Å²) in [4.78, 5) is 24.7. The fraction of sp³-hybridized carbons (Fsp3) is 0.538. The molecule has 2 aromatic heterocycles. The van der Waals surface area contributed by atoms with Crippen LogP contribution < -0.4 is 4.90 Å². The number of benzene rings is 1. The molecule has 0 radical (unpaired) electrons. The Labute approximate surface area is 209 Å². The Bertz CT molecular complexity index is 1260. The monoisotopic (exact) mass is 496 g/mol. The van der Waals surface area contributed by atoms with Crippen molar-refractivity contribution >= 4 is 22.5 Å². The highest BCUT2D eigenvalue weighted by molar-refractivity contribution is 5.82. The van der Waals surface area contributed by atoms with Crippen LogP contribution in [0.4, 0.5) is 10.2 Å². The number of halogens is 1. The summed E-state index contributed by atoms with van der Waals surface area (Å²) >= 11 is 0. The number of ketones is 1. The minimum absolute atomic E-state index is 0.0391. The van der Waals surface area contributed by atoms with E-state index in [9.17, 15) is 9.90 Å². The number of alkyl halides is 1. The van der Waals surface area contributed by atoms with E-state index in [0.29, 0.717) is 50.8 Å². The number of piperidine rings is 1.